The number of halogens is 4. The van der Waals surface area contributed by atoms with E-state index in [-0.39, 0.29) is 24.0 Å². The molecule has 3 aromatic rings. The fourth-order valence-electron chi connectivity index (χ4n) is 2.87. The van der Waals surface area contributed by atoms with Crippen molar-refractivity contribution in [3.05, 3.63) is 101 Å². The Labute approximate surface area is 208 Å². The van der Waals surface area contributed by atoms with Crippen molar-refractivity contribution < 1.29 is 18.7 Å². The minimum absolute atomic E-state index is 0.209. The molecule has 1 aliphatic rings. The molecule has 0 unspecified atom stereocenters. The van der Waals surface area contributed by atoms with Crippen molar-refractivity contribution in [1.29, 1.82) is 0 Å². The van der Waals surface area contributed by atoms with Gasteiger partial charge in [0.2, 0.25) is 5.90 Å². The summed E-state index contributed by atoms with van der Waals surface area (Å²) in [7, 11) is 0. The first-order valence-electron chi connectivity index (χ1n) is 9.04. The smallest absolute Gasteiger partial charge is 0.363 e. The van der Waals surface area contributed by atoms with E-state index in [0.29, 0.717) is 14.7 Å². The summed E-state index contributed by atoms with van der Waals surface area (Å²) in [5, 5.41) is 0. The molecule has 0 atom stereocenters. The standard InChI is InChI=1S/C23H13Br2FINO3/c24-18-9-14(10-19(25)21(18)30-12-13-2-1-3-16(26)8-13)11-20-23(29)31-22(28-20)15-4-6-17(27)7-5-15/h1-11H,12H2/b20-11-. The largest absolute Gasteiger partial charge is 0.487 e. The van der Waals surface area contributed by atoms with Gasteiger partial charge in [-0.05, 0) is 120 Å². The molecule has 156 valence electrons. The molecule has 4 nitrogen and oxygen atoms in total. The van der Waals surface area contributed by atoms with E-state index >= 15 is 0 Å². The highest BCUT2D eigenvalue weighted by Crippen LogP contribution is 2.36. The van der Waals surface area contributed by atoms with Crippen LogP contribution < -0.4 is 4.74 Å². The summed E-state index contributed by atoms with van der Waals surface area (Å²) in [5.74, 6) is 0.0337. The fraction of sp³-hybridized carbons (Fsp3) is 0.0435. The summed E-state index contributed by atoms with van der Waals surface area (Å²) >= 11 is 9.20. The molecule has 0 spiro atoms. The Morgan fingerprint density at radius 1 is 1.06 bits per heavy atom. The van der Waals surface area contributed by atoms with Crippen molar-refractivity contribution >= 4 is 72.4 Å². The number of carbonyl (C=O) groups is 1. The number of aliphatic imine (C=N–C) groups is 1. The van der Waals surface area contributed by atoms with Gasteiger partial charge in [-0.2, -0.15) is 0 Å². The van der Waals surface area contributed by atoms with Crippen LogP contribution in [0.3, 0.4) is 0 Å². The van der Waals surface area contributed by atoms with Crippen molar-refractivity contribution in [2.75, 3.05) is 0 Å². The molecular formula is C23H13Br2FINO3. The molecule has 8 heteroatoms. The zero-order chi connectivity index (χ0) is 22.0. The van der Waals surface area contributed by atoms with Gasteiger partial charge >= 0.3 is 5.97 Å². The van der Waals surface area contributed by atoms with Crippen LogP contribution in [0.25, 0.3) is 6.08 Å². The van der Waals surface area contributed by atoms with Crippen LogP contribution in [-0.2, 0) is 16.1 Å². The Kier molecular flexibility index (Phi) is 6.88. The Hall–Kier alpha value is -2.04. The Morgan fingerprint density at radius 3 is 2.45 bits per heavy atom. The molecule has 0 saturated carbocycles. The minimum Gasteiger partial charge on any atom is -0.487 e. The molecule has 3 aromatic carbocycles. The second-order valence-corrected chi connectivity index (χ2v) is 9.53. The molecule has 0 N–H and O–H groups in total. The molecule has 0 saturated heterocycles. The lowest BCUT2D eigenvalue weighted by Crippen LogP contribution is -2.05. The second-order valence-electron chi connectivity index (χ2n) is 6.58. The number of carbonyl (C=O) groups excluding carboxylic acids is 1. The highest BCUT2D eigenvalue weighted by molar-refractivity contribution is 14.1. The molecule has 4 rings (SSSR count). The van der Waals surface area contributed by atoms with E-state index in [4.69, 9.17) is 9.47 Å². The molecule has 1 heterocycles. The zero-order valence-electron chi connectivity index (χ0n) is 15.7. The Morgan fingerprint density at radius 2 is 1.77 bits per heavy atom. The van der Waals surface area contributed by atoms with Crippen molar-refractivity contribution in [3.8, 4) is 5.75 Å². The first kappa shape index (κ1) is 22.2. The molecular weight excluding hydrogens is 644 g/mol. The summed E-state index contributed by atoms with van der Waals surface area (Å²) < 4.78 is 26.9. The maximum atomic E-state index is 13.4. The SMILES string of the molecule is O=C1OC(c2ccc(I)cc2)=N/C1=C\c1cc(Br)c(OCc2cccc(F)c2)c(Br)c1. The van der Waals surface area contributed by atoms with E-state index in [1.165, 1.54) is 12.1 Å². The molecule has 0 fully saturated rings. The van der Waals surface area contributed by atoms with Gasteiger partial charge in [0.05, 0.1) is 8.95 Å². The molecule has 0 aliphatic carbocycles. The highest BCUT2D eigenvalue weighted by Gasteiger charge is 2.24. The van der Waals surface area contributed by atoms with Gasteiger partial charge in [-0.1, -0.05) is 12.1 Å². The predicted octanol–water partition coefficient (Wildman–Crippen LogP) is 6.88. The average molecular weight is 657 g/mol. The number of cyclic esters (lactones) is 1. The third-order valence-electron chi connectivity index (χ3n) is 4.31. The van der Waals surface area contributed by atoms with E-state index in [1.807, 2.05) is 36.4 Å². The topological polar surface area (TPSA) is 47.9 Å². The molecule has 0 amide bonds. The lowest BCUT2D eigenvalue weighted by Gasteiger charge is -2.11. The van der Waals surface area contributed by atoms with E-state index in [1.54, 1.807) is 18.2 Å². The third-order valence-corrected chi connectivity index (χ3v) is 6.21. The van der Waals surface area contributed by atoms with E-state index in [0.717, 1.165) is 20.3 Å². The number of ether oxygens (including phenoxy) is 2. The van der Waals surface area contributed by atoms with E-state index in [9.17, 15) is 9.18 Å². The average Bonchev–Trinajstić information content (AvgIpc) is 3.08. The van der Waals surface area contributed by atoms with Gasteiger partial charge in [-0.15, -0.1) is 0 Å². The monoisotopic (exact) mass is 655 g/mol. The van der Waals surface area contributed by atoms with Gasteiger partial charge in [0.25, 0.3) is 0 Å². The Balaban J connectivity index is 1.55. The van der Waals surface area contributed by atoms with Crippen molar-refractivity contribution in [1.82, 2.24) is 0 Å². The number of benzene rings is 3. The van der Waals surface area contributed by atoms with Gasteiger partial charge in [0, 0.05) is 9.13 Å². The minimum atomic E-state index is -0.507. The number of rotatable bonds is 5. The van der Waals surface area contributed by atoms with Crippen molar-refractivity contribution in [2.45, 2.75) is 6.61 Å². The third kappa shape index (κ3) is 5.42. The summed E-state index contributed by atoms with van der Waals surface area (Å²) in [5.41, 5.74) is 2.40. The fourth-order valence-corrected chi connectivity index (χ4v) is 4.68. The number of hydrogen-bond acceptors (Lipinski definition) is 4. The van der Waals surface area contributed by atoms with E-state index in [2.05, 4.69) is 59.4 Å². The first-order valence-corrected chi connectivity index (χ1v) is 11.7. The van der Waals surface area contributed by atoms with Crippen LogP contribution in [0.4, 0.5) is 4.39 Å². The van der Waals surface area contributed by atoms with Crippen molar-refractivity contribution in [2.24, 2.45) is 4.99 Å². The molecule has 0 radical (unpaired) electrons. The van der Waals surface area contributed by atoms with Crippen LogP contribution in [0, 0.1) is 9.39 Å². The number of hydrogen-bond donors (Lipinski definition) is 0. The van der Waals surface area contributed by atoms with Crippen LogP contribution in [0.1, 0.15) is 16.7 Å². The first-order chi connectivity index (χ1) is 14.9. The molecule has 31 heavy (non-hydrogen) atoms. The van der Waals surface area contributed by atoms with Crippen LogP contribution in [0.2, 0.25) is 0 Å². The van der Waals surface area contributed by atoms with E-state index < -0.39 is 5.97 Å². The highest BCUT2D eigenvalue weighted by atomic mass is 127. The van der Waals surface area contributed by atoms with Crippen LogP contribution >= 0.6 is 54.5 Å². The number of nitrogens with zero attached hydrogens (tertiary/aromatic N) is 1. The van der Waals surface area contributed by atoms with Crippen LogP contribution in [0.5, 0.6) is 5.75 Å². The maximum absolute atomic E-state index is 13.4. The summed E-state index contributed by atoms with van der Waals surface area (Å²) in [6.07, 6.45) is 1.65. The lowest BCUT2D eigenvalue weighted by molar-refractivity contribution is -0.129. The van der Waals surface area contributed by atoms with Crippen LogP contribution in [0.15, 0.2) is 80.3 Å². The van der Waals surface area contributed by atoms with Gasteiger partial charge in [0.15, 0.2) is 5.70 Å². The second kappa shape index (κ2) is 9.62. The summed E-state index contributed by atoms with van der Waals surface area (Å²) in [6, 6.07) is 17.4. The lowest BCUT2D eigenvalue weighted by atomic mass is 10.2. The zero-order valence-corrected chi connectivity index (χ0v) is 21.1. The number of esters is 1. The molecule has 0 aromatic heterocycles. The quantitative estimate of drug-likeness (QED) is 0.171. The van der Waals surface area contributed by atoms with Gasteiger partial charge in [0.1, 0.15) is 18.2 Å². The normalized spacial score (nSPS) is 14.5. The van der Waals surface area contributed by atoms with Gasteiger partial charge < -0.3 is 9.47 Å². The van der Waals surface area contributed by atoms with Crippen LogP contribution in [-0.4, -0.2) is 11.9 Å². The Bertz CT molecular complexity index is 1200. The van der Waals surface area contributed by atoms with Gasteiger partial charge in [-0.25, -0.2) is 14.2 Å². The summed E-state index contributed by atoms with van der Waals surface area (Å²) in [4.78, 5) is 16.6. The van der Waals surface area contributed by atoms with Gasteiger partial charge in [-0.3, -0.25) is 0 Å². The maximum Gasteiger partial charge on any atom is 0.363 e. The molecule has 0 bridgehead atoms. The molecule has 1 aliphatic heterocycles. The summed E-state index contributed by atoms with van der Waals surface area (Å²) in [6.45, 7) is 0.214. The predicted molar refractivity (Wildman–Crippen MR) is 132 cm³/mol. The van der Waals surface area contributed by atoms with Crippen molar-refractivity contribution in [3.63, 3.8) is 0 Å².